The Hall–Kier alpha value is -4.92. The normalized spacial score (nSPS) is 20.8. The minimum atomic E-state index is -0.704. The van der Waals surface area contributed by atoms with E-state index in [9.17, 15) is 38.4 Å². The first-order chi connectivity index (χ1) is 33.4. The van der Waals surface area contributed by atoms with Gasteiger partial charge in [-0.1, -0.05) is 24.4 Å². The van der Waals surface area contributed by atoms with E-state index >= 15 is 0 Å². The number of amides is 7. The van der Waals surface area contributed by atoms with E-state index in [1.54, 1.807) is 41.3 Å². The molecule has 4 aliphatic heterocycles. The van der Waals surface area contributed by atoms with Crippen LogP contribution in [0, 0.1) is 0 Å². The van der Waals surface area contributed by atoms with Gasteiger partial charge in [0.05, 0.1) is 47.5 Å². The van der Waals surface area contributed by atoms with Gasteiger partial charge < -0.3 is 45.7 Å². The van der Waals surface area contributed by atoms with E-state index in [1.807, 2.05) is 11.8 Å². The number of carbonyl (C=O) groups excluding carboxylic acids is 8. The van der Waals surface area contributed by atoms with E-state index in [0.29, 0.717) is 97.3 Å². The Balaban J connectivity index is 0.711. The molecule has 18 nitrogen and oxygen atoms in total. The fourth-order valence-electron chi connectivity index (χ4n) is 8.66. The highest BCUT2D eigenvalue weighted by Crippen LogP contribution is 2.33. The summed E-state index contributed by atoms with van der Waals surface area (Å²) in [6, 6.07) is 10.8. The summed E-state index contributed by atoms with van der Waals surface area (Å²) >= 11 is 9.06. The fraction of sp³-hybridized carbons (Fsp3) is 0.625. The van der Waals surface area contributed by atoms with E-state index in [2.05, 4.69) is 26.6 Å². The molecule has 21 heteroatoms. The molecule has 7 amide bonds. The number of Topliss-reactive ketones (excluding diaryl/α,β-unsaturated/α-hetero) is 1. The number of nitrogens with zero attached hydrogens (tertiary/aromatic N) is 2. The minimum Gasteiger partial charge on any atom is -0.466 e. The highest BCUT2D eigenvalue weighted by molar-refractivity contribution is 8.00. The van der Waals surface area contributed by atoms with Crippen LogP contribution in [0.3, 0.4) is 0 Å². The molecule has 6 rings (SSSR count). The SMILES string of the molecule is O=C(CCCCCNC(=O)CCCC[C@@H]1SC[C@@H]2NC(=O)N[C@@H]21)NCCCCCNC(=O)CCC(=O)OCCCC1OCCN(c2ccc(N3C[C@H](CCC(=O)c4ccc(Cl)s4)OC3=O)cc2)C1=O. The molecule has 5 atom stereocenters. The second kappa shape index (κ2) is 28.1. The monoisotopic (exact) mass is 1020 g/mol. The van der Waals surface area contributed by atoms with Crippen LogP contribution >= 0.6 is 34.7 Å². The van der Waals surface area contributed by atoms with E-state index in [4.69, 9.17) is 25.8 Å². The fourth-order valence-corrected chi connectivity index (χ4v) is 11.2. The number of fused-ring (bicyclic) bond motifs is 1. The van der Waals surface area contributed by atoms with Crippen LogP contribution in [0.2, 0.25) is 4.34 Å². The maximum atomic E-state index is 13.3. The van der Waals surface area contributed by atoms with Gasteiger partial charge in [0, 0.05) is 74.2 Å². The first-order valence-corrected chi connectivity index (χ1v) is 26.6. The van der Waals surface area contributed by atoms with Gasteiger partial charge in [-0.25, -0.2) is 9.59 Å². The lowest BCUT2D eigenvalue weighted by Gasteiger charge is -2.32. The standard InChI is InChI=1S/C48H66ClN7O11S2/c49-40-21-20-38(69-40)36(57)19-18-34-30-56(48(64)67-34)33-16-14-32(15-17-33)55-27-29-65-37(46(55)62)10-9-28-66-44(61)23-22-43(60)52-26-8-2-7-25-51-41(58)12-3-1-6-24-50-42(59)13-5-4-11-39-45-35(31-68-39)53-47(63)54-45/h14-17,20-21,34-35,37,39,45H,1-13,18-19,22-31H2,(H,50,59)(H,51,58)(H,52,60)(H2,53,54,63)/t34-,35-,37?,39-,45-/m0/s1. The van der Waals surface area contributed by atoms with Crippen LogP contribution in [-0.4, -0.2) is 129 Å². The molecule has 378 valence electrons. The van der Waals surface area contributed by atoms with Crippen molar-refractivity contribution in [3.8, 4) is 0 Å². The van der Waals surface area contributed by atoms with Crippen molar-refractivity contribution in [1.29, 1.82) is 0 Å². The number of thioether (sulfide) groups is 1. The van der Waals surface area contributed by atoms with Gasteiger partial charge in [0.1, 0.15) is 12.2 Å². The van der Waals surface area contributed by atoms with Gasteiger partial charge in [0.2, 0.25) is 17.7 Å². The highest BCUT2D eigenvalue weighted by atomic mass is 35.5. The summed E-state index contributed by atoms with van der Waals surface area (Å²) in [5.41, 5.74) is 1.27. The summed E-state index contributed by atoms with van der Waals surface area (Å²) in [5, 5.41) is 15.1. The molecule has 0 aliphatic carbocycles. The molecular weight excluding hydrogens is 950 g/mol. The number of hydrogen-bond donors (Lipinski definition) is 5. The third-order valence-corrected chi connectivity index (χ3v) is 15.3. The zero-order chi connectivity index (χ0) is 49.0. The number of hydrogen-bond acceptors (Lipinski definition) is 13. The summed E-state index contributed by atoms with van der Waals surface area (Å²) < 4.78 is 17.1. The zero-order valence-corrected chi connectivity index (χ0v) is 41.5. The van der Waals surface area contributed by atoms with Gasteiger partial charge in [-0.2, -0.15) is 11.8 Å². The lowest BCUT2D eigenvalue weighted by molar-refractivity contribution is -0.145. The molecule has 5 heterocycles. The van der Waals surface area contributed by atoms with E-state index in [0.717, 1.165) is 63.5 Å². The summed E-state index contributed by atoms with van der Waals surface area (Å²) in [6.07, 6.45) is 8.23. The number of ketones is 1. The van der Waals surface area contributed by atoms with Crippen molar-refractivity contribution in [2.24, 2.45) is 0 Å². The number of esters is 1. The molecule has 0 saturated carbocycles. The Morgan fingerprint density at radius 3 is 2.04 bits per heavy atom. The second-order valence-corrected chi connectivity index (χ2v) is 20.7. The summed E-state index contributed by atoms with van der Waals surface area (Å²) in [4.78, 5) is 103. The number of benzene rings is 1. The highest BCUT2D eigenvalue weighted by Gasteiger charge is 2.42. The molecule has 4 aliphatic rings. The van der Waals surface area contributed by atoms with Crippen molar-refractivity contribution in [3.05, 3.63) is 45.6 Å². The zero-order valence-electron chi connectivity index (χ0n) is 39.1. The Morgan fingerprint density at radius 2 is 1.36 bits per heavy atom. The third kappa shape index (κ3) is 17.5. The quantitative estimate of drug-likeness (QED) is 0.0262. The molecule has 2 aromatic rings. The van der Waals surface area contributed by atoms with Gasteiger partial charge in [-0.15, -0.1) is 11.3 Å². The smallest absolute Gasteiger partial charge is 0.414 e. The average molecular weight is 1020 g/mol. The molecular formula is C48H66ClN7O11S2. The van der Waals surface area contributed by atoms with E-state index < -0.39 is 24.3 Å². The van der Waals surface area contributed by atoms with E-state index in [-0.39, 0.29) is 73.4 Å². The number of urea groups is 1. The van der Waals surface area contributed by atoms with E-state index in [1.165, 1.54) is 16.2 Å². The number of nitrogens with one attached hydrogen (secondary N) is 5. The van der Waals surface area contributed by atoms with Crippen molar-refractivity contribution in [1.82, 2.24) is 26.6 Å². The number of anilines is 2. The number of thiophene rings is 1. The first kappa shape index (κ1) is 53.4. The average Bonchev–Trinajstić information content (AvgIpc) is 4.13. The van der Waals surface area contributed by atoms with Gasteiger partial charge in [0.15, 0.2) is 5.78 Å². The summed E-state index contributed by atoms with van der Waals surface area (Å²) in [6.45, 7) is 2.73. The first-order valence-electron chi connectivity index (χ1n) is 24.4. The summed E-state index contributed by atoms with van der Waals surface area (Å²) in [5.74, 6) is 0.0164. The number of carbonyl (C=O) groups is 8. The molecule has 1 aromatic heterocycles. The van der Waals surface area contributed by atoms with Crippen LogP contribution in [0.1, 0.15) is 119 Å². The maximum Gasteiger partial charge on any atom is 0.414 e. The molecule has 1 aromatic carbocycles. The Bertz CT molecular complexity index is 2080. The maximum absolute atomic E-state index is 13.3. The molecule has 0 spiro atoms. The van der Waals surface area contributed by atoms with Crippen molar-refractivity contribution in [3.63, 3.8) is 0 Å². The predicted octanol–water partition coefficient (Wildman–Crippen LogP) is 6.03. The number of cyclic esters (lactones) is 1. The van der Waals surface area contributed by atoms with Crippen LogP contribution in [0.4, 0.5) is 21.0 Å². The predicted molar refractivity (Wildman–Crippen MR) is 264 cm³/mol. The molecule has 0 radical (unpaired) electrons. The Labute approximate surface area is 416 Å². The van der Waals surface area contributed by atoms with Gasteiger partial charge >= 0.3 is 18.1 Å². The largest absolute Gasteiger partial charge is 0.466 e. The van der Waals surface area contributed by atoms with Crippen LogP contribution in [0.5, 0.6) is 0 Å². The lowest BCUT2D eigenvalue weighted by atomic mass is 10.0. The van der Waals surface area contributed by atoms with Crippen LogP contribution in [0.15, 0.2) is 36.4 Å². The Morgan fingerprint density at radius 1 is 0.710 bits per heavy atom. The topological polar surface area (TPSA) is 231 Å². The van der Waals surface area contributed by atoms with Gasteiger partial charge in [0.25, 0.3) is 5.91 Å². The number of unbranched alkanes of at least 4 members (excludes halogenated alkanes) is 5. The third-order valence-electron chi connectivity index (χ3n) is 12.5. The summed E-state index contributed by atoms with van der Waals surface area (Å²) in [7, 11) is 0. The van der Waals surface area contributed by atoms with Gasteiger partial charge in [-0.3, -0.25) is 33.7 Å². The van der Waals surface area contributed by atoms with Crippen molar-refractivity contribution >= 4 is 93.6 Å². The molecule has 0 bridgehead atoms. The van der Waals surface area contributed by atoms with Crippen LogP contribution < -0.4 is 36.4 Å². The number of rotatable bonds is 30. The van der Waals surface area contributed by atoms with Crippen LogP contribution in [-0.2, 0) is 38.2 Å². The Kier molecular flexibility index (Phi) is 21.7. The molecule has 4 saturated heterocycles. The van der Waals surface area contributed by atoms with Crippen LogP contribution in [0.25, 0.3) is 0 Å². The number of halogens is 1. The van der Waals surface area contributed by atoms with Crippen molar-refractivity contribution in [2.45, 2.75) is 139 Å². The lowest BCUT2D eigenvalue weighted by Crippen LogP contribution is -2.48. The number of morpholine rings is 1. The van der Waals surface area contributed by atoms with Crippen molar-refractivity contribution < 1.29 is 52.6 Å². The molecule has 1 unspecified atom stereocenters. The number of ether oxygens (including phenoxy) is 3. The minimum absolute atomic E-state index is 0.00823. The van der Waals surface area contributed by atoms with Crippen molar-refractivity contribution in [2.75, 3.05) is 61.5 Å². The molecule has 5 N–H and O–H groups in total. The van der Waals surface area contributed by atoms with Gasteiger partial charge in [-0.05, 0) is 101 Å². The molecule has 69 heavy (non-hydrogen) atoms. The second-order valence-electron chi connectivity index (χ2n) is 17.7. The molecule has 4 fully saturated rings.